The van der Waals surface area contributed by atoms with E-state index in [9.17, 15) is 19.2 Å². The molecule has 244 valence electrons. The quantitative estimate of drug-likeness (QED) is 0.291. The van der Waals surface area contributed by atoms with Crippen LogP contribution in [0.25, 0.3) is 11.0 Å². The highest BCUT2D eigenvalue weighted by molar-refractivity contribution is 6.30. The van der Waals surface area contributed by atoms with Crippen LogP contribution >= 0.6 is 11.6 Å². The Morgan fingerprint density at radius 3 is 2.32 bits per heavy atom. The average molecular weight is 657 g/mol. The summed E-state index contributed by atoms with van der Waals surface area (Å²) in [4.78, 5) is 59.6. The number of para-hydroxylation sites is 1. The van der Waals surface area contributed by atoms with Crippen molar-refractivity contribution in [3.8, 4) is 5.75 Å². The normalized spacial score (nSPS) is 15.7. The number of likely N-dealkylation sites (tertiary alicyclic amines) is 1. The van der Waals surface area contributed by atoms with Crippen molar-refractivity contribution in [1.82, 2.24) is 15.1 Å². The second kappa shape index (κ2) is 14.3. The summed E-state index contributed by atoms with van der Waals surface area (Å²) in [6.45, 7) is 3.41. The lowest BCUT2D eigenvalue weighted by atomic mass is 10.0. The van der Waals surface area contributed by atoms with Crippen molar-refractivity contribution < 1.29 is 23.5 Å². The van der Waals surface area contributed by atoms with Gasteiger partial charge >= 0.3 is 0 Å². The molecule has 0 aliphatic carbocycles. The Morgan fingerprint density at radius 2 is 1.60 bits per heavy atom. The summed E-state index contributed by atoms with van der Waals surface area (Å²) in [7, 11) is 1.50. The Hall–Kier alpha value is -4.83. The molecule has 6 rings (SSSR count). The first-order chi connectivity index (χ1) is 22.8. The zero-order chi connectivity index (χ0) is 32.9. The number of rotatable bonds is 8. The predicted molar refractivity (Wildman–Crippen MR) is 180 cm³/mol. The Bertz CT molecular complexity index is 1830. The van der Waals surface area contributed by atoms with Crippen molar-refractivity contribution in [2.45, 2.75) is 31.7 Å². The zero-order valence-electron chi connectivity index (χ0n) is 26.2. The van der Waals surface area contributed by atoms with Crippen molar-refractivity contribution >= 4 is 46.0 Å². The predicted octanol–water partition coefficient (Wildman–Crippen LogP) is 4.77. The van der Waals surface area contributed by atoms with Crippen molar-refractivity contribution in [2.75, 3.05) is 51.3 Å². The summed E-state index contributed by atoms with van der Waals surface area (Å²) >= 11 is 6.09. The Labute approximate surface area is 277 Å². The van der Waals surface area contributed by atoms with Gasteiger partial charge in [-0.3, -0.25) is 19.2 Å². The van der Waals surface area contributed by atoms with E-state index in [0.29, 0.717) is 42.5 Å². The van der Waals surface area contributed by atoms with Crippen LogP contribution in [-0.4, -0.2) is 79.9 Å². The van der Waals surface area contributed by atoms with Gasteiger partial charge in [-0.25, -0.2) is 0 Å². The van der Waals surface area contributed by atoms with Gasteiger partial charge in [0.15, 0.2) is 11.2 Å². The number of amides is 3. The minimum atomic E-state index is -0.931. The molecule has 2 saturated heterocycles. The molecule has 4 aromatic rings. The lowest BCUT2D eigenvalue weighted by Gasteiger charge is -2.38. The van der Waals surface area contributed by atoms with E-state index < -0.39 is 17.4 Å². The highest BCUT2D eigenvalue weighted by Gasteiger charge is 2.31. The Morgan fingerprint density at radius 1 is 0.872 bits per heavy atom. The second-order valence-corrected chi connectivity index (χ2v) is 12.3. The molecule has 2 fully saturated rings. The van der Waals surface area contributed by atoms with Crippen LogP contribution in [0, 0.1) is 0 Å². The summed E-state index contributed by atoms with van der Waals surface area (Å²) < 4.78 is 11.0. The molecule has 1 N–H and O–H groups in total. The van der Waals surface area contributed by atoms with Crippen LogP contribution in [0.15, 0.2) is 82.0 Å². The van der Waals surface area contributed by atoms with E-state index in [1.165, 1.54) is 7.11 Å². The average Bonchev–Trinajstić information content (AvgIpc) is 3.12. The van der Waals surface area contributed by atoms with Crippen LogP contribution in [0.5, 0.6) is 5.75 Å². The summed E-state index contributed by atoms with van der Waals surface area (Å²) in [5, 5.41) is 3.67. The molecular weight excluding hydrogens is 620 g/mol. The minimum absolute atomic E-state index is 0.0454. The largest absolute Gasteiger partial charge is 0.497 e. The van der Waals surface area contributed by atoms with E-state index in [1.807, 2.05) is 41.3 Å². The van der Waals surface area contributed by atoms with Crippen molar-refractivity contribution in [1.29, 1.82) is 0 Å². The number of benzene rings is 3. The van der Waals surface area contributed by atoms with E-state index in [2.05, 4.69) is 10.2 Å². The molecule has 0 radical (unpaired) electrons. The highest BCUT2D eigenvalue weighted by atomic mass is 35.5. The summed E-state index contributed by atoms with van der Waals surface area (Å²) in [6.07, 6.45) is 3.40. The topological polar surface area (TPSA) is 112 Å². The van der Waals surface area contributed by atoms with Gasteiger partial charge in [-0.15, -0.1) is 0 Å². The monoisotopic (exact) mass is 656 g/mol. The minimum Gasteiger partial charge on any atom is -0.497 e. The fraction of sp³-hybridized carbons (Fsp3) is 0.333. The number of methoxy groups -OCH3 is 1. The molecule has 11 heteroatoms. The first-order valence-electron chi connectivity index (χ1n) is 15.9. The number of piperazine rings is 1. The maximum atomic E-state index is 14.0. The maximum Gasteiger partial charge on any atom is 0.287 e. The third kappa shape index (κ3) is 7.28. The van der Waals surface area contributed by atoms with Crippen LogP contribution in [0.1, 0.15) is 45.7 Å². The van der Waals surface area contributed by atoms with Crippen LogP contribution < -0.4 is 20.4 Å². The Balaban J connectivity index is 1.19. The molecule has 0 saturated carbocycles. The van der Waals surface area contributed by atoms with Gasteiger partial charge in [0.1, 0.15) is 17.4 Å². The van der Waals surface area contributed by atoms with Gasteiger partial charge in [0, 0.05) is 62.5 Å². The molecule has 1 aromatic heterocycles. The SMILES string of the molecule is COc1ccc2oc(C(=O)N[C@H](Cc3ccc(Cl)cc3)C(=O)N3CCN(c4ccccc4C(=O)N4CCCCC4)CC3)cc(=O)c2c1. The van der Waals surface area contributed by atoms with E-state index in [0.717, 1.165) is 49.7 Å². The van der Waals surface area contributed by atoms with Crippen LogP contribution in [-0.2, 0) is 11.2 Å². The first kappa shape index (κ1) is 32.1. The molecule has 0 bridgehead atoms. The number of hydrogen-bond donors (Lipinski definition) is 1. The van der Waals surface area contributed by atoms with Gasteiger partial charge in [0.2, 0.25) is 5.91 Å². The molecule has 1 atom stereocenters. The van der Waals surface area contributed by atoms with Crippen LogP contribution in [0.3, 0.4) is 0 Å². The number of fused-ring (bicyclic) bond motifs is 1. The fourth-order valence-electron chi connectivity index (χ4n) is 6.25. The van der Waals surface area contributed by atoms with Gasteiger partial charge in [-0.05, 0) is 67.3 Å². The molecule has 10 nitrogen and oxygen atoms in total. The van der Waals surface area contributed by atoms with E-state index in [-0.39, 0.29) is 35.0 Å². The molecular formula is C36H37ClN4O6. The molecule has 0 unspecified atom stereocenters. The maximum absolute atomic E-state index is 14.0. The van der Waals surface area contributed by atoms with Gasteiger partial charge in [0.25, 0.3) is 11.8 Å². The number of hydrogen-bond acceptors (Lipinski definition) is 7. The molecule has 3 amide bonds. The number of nitrogens with zero attached hydrogens (tertiary/aromatic N) is 3. The summed E-state index contributed by atoms with van der Waals surface area (Å²) in [5.41, 5.74) is 2.19. The third-order valence-electron chi connectivity index (χ3n) is 8.82. The first-order valence-corrected chi connectivity index (χ1v) is 16.3. The molecule has 0 spiro atoms. The van der Waals surface area contributed by atoms with Crippen LogP contribution in [0.2, 0.25) is 5.02 Å². The molecule has 3 aromatic carbocycles. The highest BCUT2D eigenvalue weighted by Crippen LogP contribution is 2.25. The summed E-state index contributed by atoms with van der Waals surface area (Å²) in [5.74, 6) is -0.576. The number of halogens is 1. The second-order valence-electron chi connectivity index (χ2n) is 11.9. The van der Waals surface area contributed by atoms with E-state index in [1.54, 1.807) is 35.2 Å². The van der Waals surface area contributed by atoms with Gasteiger partial charge < -0.3 is 29.2 Å². The fourth-order valence-corrected chi connectivity index (χ4v) is 6.37. The number of anilines is 1. The number of carbonyl (C=O) groups excluding carboxylic acids is 3. The Kier molecular flexibility index (Phi) is 9.77. The van der Waals surface area contributed by atoms with Crippen molar-refractivity contribution in [3.63, 3.8) is 0 Å². The number of carbonyl (C=O) groups is 3. The van der Waals surface area contributed by atoms with Crippen molar-refractivity contribution in [2.24, 2.45) is 0 Å². The lowest BCUT2D eigenvalue weighted by molar-refractivity contribution is -0.133. The number of nitrogens with one attached hydrogen (secondary N) is 1. The van der Waals surface area contributed by atoms with Crippen molar-refractivity contribution in [3.05, 3.63) is 105 Å². The summed E-state index contributed by atoms with van der Waals surface area (Å²) in [6, 6.07) is 19.7. The van der Waals surface area contributed by atoms with E-state index >= 15 is 0 Å². The molecule has 47 heavy (non-hydrogen) atoms. The van der Waals surface area contributed by atoms with Gasteiger partial charge in [-0.2, -0.15) is 0 Å². The standard InChI is InChI=1S/C36H37ClN4O6/c1-46-26-13-14-32-28(22-26)31(42)23-33(47-32)34(43)38-29(21-24-9-11-25(37)12-10-24)36(45)41-19-17-39(18-20-41)30-8-4-3-7-27(30)35(44)40-15-5-2-6-16-40/h3-4,7-14,22-23,29H,2,5-6,15-21H2,1H3,(H,38,43)/t29-/m1/s1. The number of ether oxygens (including phenoxy) is 1. The molecule has 2 aliphatic heterocycles. The molecule has 3 heterocycles. The number of piperidine rings is 1. The van der Waals surface area contributed by atoms with Crippen LogP contribution in [0.4, 0.5) is 5.69 Å². The zero-order valence-corrected chi connectivity index (χ0v) is 27.0. The smallest absolute Gasteiger partial charge is 0.287 e. The van der Waals surface area contributed by atoms with Gasteiger partial charge in [0.05, 0.1) is 18.1 Å². The van der Waals surface area contributed by atoms with Gasteiger partial charge in [-0.1, -0.05) is 35.9 Å². The molecule has 2 aliphatic rings. The third-order valence-corrected chi connectivity index (χ3v) is 9.08. The van der Waals surface area contributed by atoms with E-state index in [4.69, 9.17) is 20.8 Å². The lowest BCUT2D eigenvalue weighted by Crippen LogP contribution is -2.56.